The molecule has 0 aliphatic heterocycles. The number of carbonyl (C=O) groups is 1. The number of methoxy groups -OCH3 is 1. The molecule has 1 atom stereocenters. The van der Waals surface area contributed by atoms with Gasteiger partial charge < -0.3 is 14.8 Å². The van der Waals surface area contributed by atoms with E-state index in [-0.39, 0.29) is 5.91 Å². The maximum atomic E-state index is 12.0. The zero-order valence-corrected chi connectivity index (χ0v) is 13.8. The molecule has 1 amide bonds. The van der Waals surface area contributed by atoms with E-state index < -0.39 is 6.10 Å². The monoisotopic (exact) mass is 313 g/mol. The Morgan fingerprint density at radius 3 is 2.43 bits per heavy atom. The number of ether oxygens (including phenoxy) is 2. The fourth-order valence-electron chi connectivity index (χ4n) is 2.41. The molecule has 0 aromatic heterocycles. The minimum atomic E-state index is -0.637. The van der Waals surface area contributed by atoms with Crippen LogP contribution in [0.1, 0.15) is 29.7 Å². The Morgan fingerprint density at radius 2 is 1.83 bits per heavy atom. The quantitative estimate of drug-likeness (QED) is 0.853. The summed E-state index contributed by atoms with van der Waals surface area (Å²) in [5.41, 5.74) is 3.03. The van der Waals surface area contributed by atoms with E-state index in [0.29, 0.717) is 6.61 Å². The van der Waals surface area contributed by atoms with Crippen LogP contribution >= 0.6 is 0 Å². The zero-order valence-electron chi connectivity index (χ0n) is 13.8. The summed E-state index contributed by atoms with van der Waals surface area (Å²) >= 11 is 0. The highest BCUT2D eigenvalue weighted by atomic mass is 16.5. The molecule has 2 rings (SSSR count). The lowest BCUT2D eigenvalue weighted by atomic mass is 10.0. The number of rotatable bonds is 7. The fourth-order valence-corrected chi connectivity index (χ4v) is 2.41. The van der Waals surface area contributed by atoms with E-state index in [1.807, 2.05) is 36.4 Å². The van der Waals surface area contributed by atoms with Crippen molar-refractivity contribution in [3.8, 4) is 5.75 Å². The van der Waals surface area contributed by atoms with E-state index in [4.69, 9.17) is 9.47 Å². The van der Waals surface area contributed by atoms with Crippen LogP contribution in [-0.4, -0.2) is 20.1 Å². The zero-order chi connectivity index (χ0) is 16.7. The van der Waals surface area contributed by atoms with Gasteiger partial charge in [0.25, 0.3) is 5.91 Å². The SMILES string of the molecule is CCc1ccc(OCc2ccccc2C(OC)C(=O)NC)cc1. The van der Waals surface area contributed by atoms with Gasteiger partial charge in [-0.15, -0.1) is 0 Å². The molecule has 0 aliphatic rings. The summed E-state index contributed by atoms with van der Waals surface area (Å²) in [5, 5.41) is 2.62. The topological polar surface area (TPSA) is 47.6 Å². The van der Waals surface area contributed by atoms with Crippen LogP contribution in [0.15, 0.2) is 48.5 Å². The standard InChI is InChI=1S/C19H23NO3/c1-4-14-9-11-16(12-10-14)23-13-15-7-5-6-8-17(15)18(22-3)19(21)20-2/h5-12,18H,4,13H2,1-3H3,(H,20,21). The Labute approximate surface area is 137 Å². The van der Waals surface area contributed by atoms with E-state index in [2.05, 4.69) is 24.4 Å². The first-order chi connectivity index (χ1) is 11.2. The van der Waals surface area contributed by atoms with Crippen molar-refractivity contribution >= 4 is 5.91 Å². The molecular weight excluding hydrogens is 290 g/mol. The molecule has 0 aliphatic carbocycles. The molecule has 122 valence electrons. The van der Waals surface area contributed by atoms with E-state index in [9.17, 15) is 4.79 Å². The molecule has 0 spiro atoms. The highest BCUT2D eigenvalue weighted by molar-refractivity contribution is 5.82. The molecule has 0 fully saturated rings. The van der Waals surface area contributed by atoms with Gasteiger partial charge in [0, 0.05) is 14.2 Å². The van der Waals surface area contributed by atoms with Gasteiger partial charge in [-0.3, -0.25) is 4.79 Å². The van der Waals surface area contributed by atoms with Gasteiger partial charge >= 0.3 is 0 Å². The molecule has 4 nitrogen and oxygen atoms in total. The summed E-state index contributed by atoms with van der Waals surface area (Å²) in [5.74, 6) is 0.637. The third-order valence-electron chi connectivity index (χ3n) is 3.78. The fraction of sp³-hybridized carbons (Fsp3) is 0.316. The minimum absolute atomic E-state index is 0.174. The van der Waals surface area contributed by atoms with Gasteiger partial charge in [0.15, 0.2) is 6.10 Å². The van der Waals surface area contributed by atoms with Gasteiger partial charge in [-0.05, 0) is 35.2 Å². The lowest BCUT2D eigenvalue weighted by Gasteiger charge is -2.18. The first kappa shape index (κ1) is 17.0. The highest BCUT2D eigenvalue weighted by Gasteiger charge is 2.21. The second-order valence-corrected chi connectivity index (χ2v) is 5.21. The van der Waals surface area contributed by atoms with E-state index in [1.165, 1.54) is 12.7 Å². The Hall–Kier alpha value is -2.33. The van der Waals surface area contributed by atoms with Crippen LogP contribution in [0.3, 0.4) is 0 Å². The van der Waals surface area contributed by atoms with Crippen LogP contribution in [0.5, 0.6) is 5.75 Å². The molecule has 0 bridgehead atoms. The average Bonchev–Trinajstić information content (AvgIpc) is 2.61. The minimum Gasteiger partial charge on any atom is -0.489 e. The second kappa shape index (κ2) is 8.34. The number of hydrogen-bond donors (Lipinski definition) is 1. The normalized spacial score (nSPS) is 11.8. The number of amides is 1. The van der Waals surface area contributed by atoms with Gasteiger partial charge in [0.2, 0.25) is 0 Å². The molecular formula is C19H23NO3. The molecule has 0 radical (unpaired) electrons. The summed E-state index contributed by atoms with van der Waals surface area (Å²) in [6, 6.07) is 15.7. The van der Waals surface area contributed by atoms with E-state index in [1.54, 1.807) is 7.05 Å². The van der Waals surface area contributed by atoms with Crippen molar-refractivity contribution < 1.29 is 14.3 Å². The molecule has 0 saturated carbocycles. The number of benzene rings is 2. The first-order valence-corrected chi connectivity index (χ1v) is 7.73. The van der Waals surface area contributed by atoms with Crippen LogP contribution in [0, 0.1) is 0 Å². The third-order valence-corrected chi connectivity index (χ3v) is 3.78. The molecule has 4 heteroatoms. The van der Waals surface area contributed by atoms with Gasteiger partial charge in [-0.1, -0.05) is 43.3 Å². The Bertz CT molecular complexity index is 637. The largest absolute Gasteiger partial charge is 0.489 e. The average molecular weight is 313 g/mol. The number of hydrogen-bond acceptors (Lipinski definition) is 3. The maximum Gasteiger partial charge on any atom is 0.253 e. The van der Waals surface area contributed by atoms with Crippen molar-refractivity contribution in [2.75, 3.05) is 14.2 Å². The Kier molecular flexibility index (Phi) is 6.18. The van der Waals surface area contributed by atoms with Gasteiger partial charge in [-0.2, -0.15) is 0 Å². The van der Waals surface area contributed by atoms with Gasteiger partial charge in [0.05, 0.1) is 0 Å². The molecule has 0 heterocycles. The van der Waals surface area contributed by atoms with Crippen LogP contribution in [0.2, 0.25) is 0 Å². The lowest BCUT2D eigenvalue weighted by molar-refractivity contribution is -0.130. The number of aryl methyl sites for hydroxylation is 1. The van der Waals surface area contributed by atoms with Crippen LogP contribution in [-0.2, 0) is 22.6 Å². The van der Waals surface area contributed by atoms with E-state index in [0.717, 1.165) is 23.3 Å². The highest BCUT2D eigenvalue weighted by Crippen LogP contribution is 2.23. The molecule has 1 unspecified atom stereocenters. The number of likely N-dealkylation sites (N-methyl/N-ethyl adjacent to an activating group) is 1. The summed E-state index contributed by atoms with van der Waals surface area (Å²) in [4.78, 5) is 12.0. The summed E-state index contributed by atoms with van der Waals surface area (Å²) < 4.78 is 11.2. The number of nitrogens with one attached hydrogen (secondary N) is 1. The van der Waals surface area contributed by atoms with Gasteiger partial charge in [-0.25, -0.2) is 0 Å². The Morgan fingerprint density at radius 1 is 1.13 bits per heavy atom. The molecule has 23 heavy (non-hydrogen) atoms. The summed E-state index contributed by atoms with van der Waals surface area (Å²) in [6.07, 6.45) is 0.368. The number of carbonyl (C=O) groups excluding carboxylic acids is 1. The van der Waals surface area contributed by atoms with Crippen molar-refractivity contribution in [2.24, 2.45) is 0 Å². The molecule has 0 saturated heterocycles. The van der Waals surface area contributed by atoms with Crippen molar-refractivity contribution in [2.45, 2.75) is 26.1 Å². The lowest BCUT2D eigenvalue weighted by Crippen LogP contribution is -2.27. The summed E-state index contributed by atoms with van der Waals surface area (Å²) in [7, 11) is 3.13. The predicted octanol–water partition coefficient (Wildman–Crippen LogP) is 3.26. The molecule has 2 aromatic carbocycles. The van der Waals surface area contributed by atoms with Crippen LogP contribution in [0.25, 0.3) is 0 Å². The van der Waals surface area contributed by atoms with Crippen molar-refractivity contribution in [1.82, 2.24) is 5.32 Å². The van der Waals surface area contributed by atoms with Crippen LogP contribution < -0.4 is 10.1 Å². The smallest absolute Gasteiger partial charge is 0.253 e. The Balaban J connectivity index is 2.14. The predicted molar refractivity (Wildman–Crippen MR) is 90.4 cm³/mol. The van der Waals surface area contributed by atoms with Crippen LogP contribution in [0.4, 0.5) is 0 Å². The summed E-state index contributed by atoms with van der Waals surface area (Å²) in [6.45, 7) is 2.51. The maximum absolute atomic E-state index is 12.0. The third kappa shape index (κ3) is 4.33. The second-order valence-electron chi connectivity index (χ2n) is 5.21. The van der Waals surface area contributed by atoms with Crippen molar-refractivity contribution in [1.29, 1.82) is 0 Å². The van der Waals surface area contributed by atoms with Gasteiger partial charge in [0.1, 0.15) is 12.4 Å². The van der Waals surface area contributed by atoms with Crippen molar-refractivity contribution in [3.63, 3.8) is 0 Å². The van der Waals surface area contributed by atoms with E-state index >= 15 is 0 Å². The van der Waals surface area contributed by atoms with Crippen molar-refractivity contribution in [3.05, 3.63) is 65.2 Å². The molecule has 1 N–H and O–H groups in total. The molecule has 2 aromatic rings. The first-order valence-electron chi connectivity index (χ1n) is 7.73.